The van der Waals surface area contributed by atoms with Gasteiger partial charge in [-0.15, -0.1) is 0 Å². The molecule has 2 aromatic rings. The van der Waals surface area contributed by atoms with Crippen molar-refractivity contribution in [3.05, 3.63) is 70.2 Å². The van der Waals surface area contributed by atoms with E-state index in [9.17, 15) is 0 Å². The van der Waals surface area contributed by atoms with Crippen LogP contribution in [0.3, 0.4) is 0 Å². The van der Waals surface area contributed by atoms with Gasteiger partial charge in [-0.05, 0) is 35.2 Å². The summed E-state index contributed by atoms with van der Waals surface area (Å²) in [6.07, 6.45) is 0.331. The molecule has 1 heterocycles. The highest BCUT2D eigenvalue weighted by molar-refractivity contribution is 6.30. The summed E-state index contributed by atoms with van der Waals surface area (Å²) in [6, 6.07) is 16.2. The highest BCUT2D eigenvalue weighted by atomic mass is 35.5. The van der Waals surface area contributed by atoms with Crippen LogP contribution in [-0.4, -0.2) is 12.1 Å². The number of nitrogens with two attached hydrogens (primary N) is 1. The fraction of sp³-hybridized carbons (Fsp3) is 0.235. The molecule has 4 heteroatoms. The first kappa shape index (κ1) is 13.0. The van der Waals surface area contributed by atoms with Gasteiger partial charge in [-0.25, -0.2) is 4.99 Å². The quantitative estimate of drug-likeness (QED) is 0.878. The number of rotatable bonds is 1. The number of fused-ring (bicyclic) bond motifs is 3. The summed E-state index contributed by atoms with van der Waals surface area (Å²) in [5.74, 6) is 0.225. The highest BCUT2D eigenvalue weighted by Gasteiger charge is 2.40. The topological polar surface area (TPSA) is 47.6 Å². The summed E-state index contributed by atoms with van der Waals surface area (Å²) in [7, 11) is 0. The maximum absolute atomic E-state index is 5.97. The molecular formula is C17H15ClN2O. The zero-order valence-corrected chi connectivity index (χ0v) is 12.1. The van der Waals surface area contributed by atoms with Crippen molar-refractivity contribution in [2.45, 2.75) is 18.9 Å². The highest BCUT2D eigenvalue weighted by Crippen LogP contribution is 2.43. The second-order valence-corrected chi connectivity index (χ2v) is 5.91. The minimum absolute atomic E-state index is 0.000576. The van der Waals surface area contributed by atoms with Crippen LogP contribution in [0.25, 0.3) is 0 Å². The molecule has 3 nitrogen and oxygen atoms in total. The van der Waals surface area contributed by atoms with E-state index in [1.807, 2.05) is 30.3 Å². The van der Waals surface area contributed by atoms with E-state index in [1.54, 1.807) is 0 Å². The Morgan fingerprint density at radius 3 is 2.67 bits per heavy atom. The third-order valence-electron chi connectivity index (χ3n) is 4.21. The molecular weight excluding hydrogens is 284 g/mol. The van der Waals surface area contributed by atoms with E-state index in [1.165, 1.54) is 11.1 Å². The van der Waals surface area contributed by atoms with E-state index >= 15 is 0 Å². The number of halogens is 1. The molecule has 0 saturated heterocycles. The molecule has 2 aliphatic rings. The fourth-order valence-corrected chi connectivity index (χ4v) is 3.42. The van der Waals surface area contributed by atoms with Crippen LogP contribution in [0.1, 0.15) is 22.8 Å². The summed E-state index contributed by atoms with van der Waals surface area (Å²) in [6.45, 7) is 0. The molecule has 3 unspecified atom stereocenters. The first-order chi connectivity index (χ1) is 10.2. The summed E-state index contributed by atoms with van der Waals surface area (Å²) >= 11 is 5.97. The molecule has 0 radical (unpaired) electrons. The molecule has 21 heavy (non-hydrogen) atoms. The molecule has 4 rings (SSSR count). The first-order valence-electron chi connectivity index (χ1n) is 7.05. The van der Waals surface area contributed by atoms with Crippen LogP contribution in [0.4, 0.5) is 0 Å². The molecule has 0 bridgehead atoms. The van der Waals surface area contributed by atoms with E-state index in [0.29, 0.717) is 0 Å². The maximum Gasteiger partial charge on any atom is 0.202 e. The predicted molar refractivity (Wildman–Crippen MR) is 83.4 cm³/mol. The van der Waals surface area contributed by atoms with Gasteiger partial charge in [-0.3, -0.25) is 5.73 Å². The molecule has 3 atom stereocenters. The van der Waals surface area contributed by atoms with Gasteiger partial charge in [0, 0.05) is 10.9 Å². The van der Waals surface area contributed by atoms with E-state index in [0.717, 1.165) is 22.7 Å². The van der Waals surface area contributed by atoms with Gasteiger partial charge in [0.2, 0.25) is 6.35 Å². The molecule has 0 saturated carbocycles. The number of ether oxygens (including phenoxy) is 1. The van der Waals surface area contributed by atoms with Crippen molar-refractivity contribution < 1.29 is 4.74 Å². The lowest BCUT2D eigenvalue weighted by molar-refractivity contribution is -0.0280. The monoisotopic (exact) mass is 298 g/mol. The van der Waals surface area contributed by atoms with Crippen molar-refractivity contribution >= 4 is 17.3 Å². The van der Waals surface area contributed by atoms with Crippen LogP contribution >= 0.6 is 11.6 Å². The third kappa shape index (κ3) is 2.18. The zero-order chi connectivity index (χ0) is 14.4. The van der Waals surface area contributed by atoms with Crippen LogP contribution in [0.15, 0.2) is 53.5 Å². The van der Waals surface area contributed by atoms with Crippen molar-refractivity contribution in [1.29, 1.82) is 0 Å². The number of hydrogen-bond acceptors (Lipinski definition) is 3. The van der Waals surface area contributed by atoms with Gasteiger partial charge in [0.15, 0.2) is 0 Å². The molecule has 0 spiro atoms. The van der Waals surface area contributed by atoms with Gasteiger partial charge in [0.25, 0.3) is 0 Å². The molecule has 106 valence electrons. The standard InChI is InChI=1S/C17H15ClN2O/c18-12-7-5-10(6-8-12)15-14-9-11-3-1-2-4-13(11)16(14)21-17(19)20-15/h1-8,14,16-17H,9,19H2. The number of aliphatic imine (C=N–C) groups is 1. The lowest BCUT2D eigenvalue weighted by Crippen LogP contribution is -2.36. The van der Waals surface area contributed by atoms with Gasteiger partial charge in [0.1, 0.15) is 0 Å². The Kier molecular flexibility index (Phi) is 3.07. The Morgan fingerprint density at radius 1 is 1.10 bits per heavy atom. The third-order valence-corrected chi connectivity index (χ3v) is 4.46. The van der Waals surface area contributed by atoms with Crippen molar-refractivity contribution in [2.24, 2.45) is 16.6 Å². The van der Waals surface area contributed by atoms with E-state index in [2.05, 4.69) is 23.2 Å². The maximum atomic E-state index is 5.97. The predicted octanol–water partition coefficient (Wildman–Crippen LogP) is 3.32. The van der Waals surface area contributed by atoms with Gasteiger partial charge >= 0.3 is 0 Å². The van der Waals surface area contributed by atoms with E-state index in [4.69, 9.17) is 22.1 Å². The lowest BCUT2D eigenvalue weighted by atomic mass is 9.91. The van der Waals surface area contributed by atoms with Crippen LogP contribution in [0, 0.1) is 5.92 Å². The van der Waals surface area contributed by atoms with E-state index in [-0.39, 0.29) is 12.0 Å². The van der Waals surface area contributed by atoms with Crippen molar-refractivity contribution in [3.8, 4) is 0 Å². The smallest absolute Gasteiger partial charge is 0.202 e. The SMILES string of the molecule is NC1N=C(c2ccc(Cl)cc2)C2Cc3ccccc3C2O1. The molecule has 0 amide bonds. The lowest BCUT2D eigenvalue weighted by Gasteiger charge is -2.30. The fourth-order valence-electron chi connectivity index (χ4n) is 3.29. The van der Waals surface area contributed by atoms with Gasteiger partial charge in [-0.1, -0.05) is 48.0 Å². The summed E-state index contributed by atoms with van der Waals surface area (Å²) < 4.78 is 5.88. The van der Waals surface area contributed by atoms with Crippen molar-refractivity contribution in [1.82, 2.24) is 0 Å². The van der Waals surface area contributed by atoms with Gasteiger partial charge in [-0.2, -0.15) is 0 Å². The summed E-state index contributed by atoms with van der Waals surface area (Å²) in [5, 5.41) is 0.724. The Labute approximate surface area is 128 Å². The average Bonchev–Trinajstić information content (AvgIpc) is 2.86. The first-order valence-corrected chi connectivity index (χ1v) is 7.42. The van der Waals surface area contributed by atoms with Crippen molar-refractivity contribution in [2.75, 3.05) is 0 Å². The average molecular weight is 299 g/mol. The van der Waals surface area contributed by atoms with Gasteiger partial charge in [0.05, 0.1) is 11.8 Å². The van der Waals surface area contributed by atoms with Crippen LogP contribution in [0.2, 0.25) is 5.02 Å². The zero-order valence-electron chi connectivity index (χ0n) is 11.4. The molecule has 0 fully saturated rings. The molecule has 2 N–H and O–H groups in total. The molecule has 2 aromatic carbocycles. The van der Waals surface area contributed by atoms with Crippen LogP contribution in [0.5, 0.6) is 0 Å². The summed E-state index contributed by atoms with van der Waals surface area (Å²) in [5.41, 5.74) is 10.6. The number of benzene rings is 2. The number of hydrogen-bond donors (Lipinski definition) is 1. The van der Waals surface area contributed by atoms with Crippen molar-refractivity contribution in [3.63, 3.8) is 0 Å². The number of nitrogens with zero attached hydrogens (tertiary/aromatic N) is 1. The second-order valence-electron chi connectivity index (χ2n) is 5.48. The normalized spacial score (nSPS) is 27.0. The Bertz CT molecular complexity index is 711. The summed E-state index contributed by atoms with van der Waals surface area (Å²) in [4.78, 5) is 4.54. The molecule has 1 aliphatic carbocycles. The van der Waals surface area contributed by atoms with Crippen LogP contribution < -0.4 is 5.73 Å². The van der Waals surface area contributed by atoms with E-state index < -0.39 is 6.35 Å². The second kappa shape index (κ2) is 4.95. The molecule has 1 aliphatic heterocycles. The Balaban J connectivity index is 1.77. The molecule has 0 aromatic heterocycles. The largest absolute Gasteiger partial charge is 0.335 e. The van der Waals surface area contributed by atoms with Crippen LogP contribution in [-0.2, 0) is 11.2 Å². The minimum Gasteiger partial charge on any atom is -0.335 e. The minimum atomic E-state index is -0.608. The Morgan fingerprint density at radius 2 is 1.86 bits per heavy atom. The Hall–Kier alpha value is -1.68. The van der Waals surface area contributed by atoms with Gasteiger partial charge < -0.3 is 4.74 Å².